The van der Waals surface area contributed by atoms with Crippen molar-refractivity contribution in [2.24, 2.45) is 5.92 Å². The topological polar surface area (TPSA) is 82.2 Å². The third-order valence-electron chi connectivity index (χ3n) is 3.56. The molecule has 0 saturated heterocycles. The lowest BCUT2D eigenvalue weighted by Crippen LogP contribution is -2.39. The number of carbonyl (C=O) groups is 1. The van der Waals surface area contributed by atoms with E-state index >= 15 is 0 Å². The summed E-state index contributed by atoms with van der Waals surface area (Å²) in [6, 6.07) is 8.39. The lowest BCUT2D eigenvalue weighted by atomic mass is 10.0. The molecule has 0 aliphatic carbocycles. The van der Waals surface area contributed by atoms with Crippen molar-refractivity contribution in [1.29, 1.82) is 0 Å². The van der Waals surface area contributed by atoms with E-state index in [2.05, 4.69) is 10.3 Å². The molecule has 112 valence electrons. The Kier molecular flexibility index (Phi) is 4.75. The van der Waals surface area contributed by atoms with Crippen molar-refractivity contribution in [2.45, 2.75) is 26.3 Å². The van der Waals surface area contributed by atoms with Crippen LogP contribution in [0.5, 0.6) is 0 Å². The number of aromatic amines is 1. The first kappa shape index (κ1) is 15.3. The van der Waals surface area contributed by atoms with Gasteiger partial charge >= 0.3 is 0 Å². The molecule has 0 aliphatic rings. The smallest absolute Gasteiger partial charge is 0.252 e. The van der Waals surface area contributed by atoms with Gasteiger partial charge in [-0.25, -0.2) is 0 Å². The number of H-pyrrole nitrogens is 1. The first-order chi connectivity index (χ1) is 10.0. The third-order valence-corrected chi connectivity index (χ3v) is 3.56. The molecule has 3 N–H and O–H groups in total. The zero-order valence-electron chi connectivity index (χ0n) is 12.2. The molecule has 5 heteroatoms. The highest BCUT2D eigenvalue weighted by Crippen LogP contribution is 2.15. The van der Waals surface area contributed by atoms with Gasteiger partial charge in [0.25, 0.3) is 5.91 Å². The van der Waals surface area contributed by atoms with Gasteiger partial charge in [-0.05, 0) is 18.4 Å². The van der Waals surface area contributed by atoms with Crippen LogP contribution in [-0.4, -0.2) is 28.6 Å². The fraction of sp³-hybridized carbons (Fsp3) is 0.375. The molecule has 0 saturated carbocycles. The predicted molar refractivity (Wildman–Crippen MR) is 82.4 cm³/mol. The van der Waals surface area contributed by atoms with Gasteiger partial charge < -0.3 is 15.4 Å². The zero-order valence-corrected chi connectivity index (χ0v) is 12.2. The maximum Gasteiger partial charge on any atom is 0.252 e. The number of rotatable bonds is 5. The fourth-order valence-corrected chi connectivity index (χ4v) is 2.35. The van der Waals surface area contributed by atoms with E-state index in [9.17, 15) is 9.59 Å². The van der Waals surface area contributed by atoms with E-state index in [0.717, 1.165) is 0 Å². The Hall–Kier alpha value is -2.14. The molecule has 1 amide bonds. The van der Waals surface area contributed by atoms with Gasteiger partial charge in [-0.3, -0.25) is 9.59 Å². The summed E-state index contributed by atoms with van der Waals surface area (Å²) >= 11 is 0. The molecule has 0 bridgehead atoms. The number of aliphatic hydroxyl groups is 1. The van der Waals surface area contributed by atoms with E-state index < -0.39 is 0 Å². The van der Waals surface area contributed by atoms with Crippen LogP contribution in [0.15, 0.2) is 35.1 Å². The number of para-hydroxylation sites is 1. The molecule has 5 nitrogen and oxygen atoms in total. The molecule has 2 aromatic rings. The van der Waals surface area contributed by atoms with Crippen molar-refractivity contribution >= 4 is 16.8 Å². The molecule has 2 rings (SSSR count). The summed E-state index contributed by atoms with van der Waals surface area (Å²) in [4.78, 5) is 26.8. The van der Waals surface area contributed by atoms with Crippen molar-refractivity contribution in [3.8, 4) is 0 Å². The van der Waals surface area contributed by atoms with Crippen LogP contribution in [0.1, 0.15) is 30.6 Å². The van der Waals surface area contributed by atoms with E-state index in [1.807, 2.05) is 26.0 Å². The van der Waals surface area contributed by atoms with E-state index in [1.54, 1.807) is 12.1 Å². The van der Waals surface area contributed by atoms with Gasteiger partial charge in [-0.2, -0.15) is 0 Å². The van der Waals surface area contributed by atoms with Crippen molar-refractivity contribution in [3.05, 3.63) is 46.2 Å². The second-order valence-corrected chi connectivity index (χ2v) is 5.43. The molecule has 0 aliphatic heterocycles. The molecule has 1 unspecified atom stereocenters. The Morgan fingerprint density at radius 3 is 2.71 bits per heavy atom. The lowest BCUT2D eigenvalue weighted by Gasteiger charge is -2.21. The minimum Gasteiger partial charge on any atom is -0.396 e. The average molecular weight is 288 g/mol. The quantitative estimate of drug-likeness (QED) is 0.782. The summed E-state index contributed by atoms with van der Waals surface area (Å²) in [6.07, 6.45) is 0.491. The van der Waals surface area contributed by atoms with E-state index in [1.165, 1.54) is 6.07 Å². The Bertz CT molecular complexity index is 691. The maximum absolute atomic E-state index is 12.5. The predicted octanol–water partition coefficient (Wildman–Crippen LogP) is 1.66. The van der Waals surface area contributed by atoms with Crippen LogP contribution >= 0.6 is 0 Å². The number of fused-ring (bicyclic) bond motifs is 1. The van der Waals surface area contributed by atoms with Gasteiger partial charge in [0.05, 0.1) is 5.56 Å². The first-order valence-electron chi connectivity index (χ1n) is 7.06. The molecule has 0 spiro atoms. The zero-order chi connectivity index (χ0) is 15.4. The molecule has 0 radical (unpaired) electrons. The van der Waals surface area contributed by atoms with Crippen LogP contribution in [0.3, 0.4) is 0 Å². The molecule has 1 aromatic heterocycles. The Morgan fingerprint density at radius 2 is 2.05 bits per heavy atom. The highest BCUT2D eigenvalue weighted by atomic mass is 16.3. The van der Waals surface area contributed by atoms with Gasteiger partial charge in [0.2, 0.25) is 5.56 Å². The number of carbonyl (C=O) groups excluding carboxylic acids is 1. The second kappa shape index (κ2) is 6.54. The van der Waals surface area contributed by atoms with Crippen molar-refractivity contribution < 1.29 is 9.90 Å². The number of nitrogens with one attached hydrogen (secondary N) is 2. The Balaban J connectivity index is 2.37. The highest BCUT2D eigenvalue weighted by Gasteiger charge is 2.18. The number of aromatic nitrogens is 1. The summed E-state index contributed by atoms with van der Waals surface area (Å²) in [5.74, 6) is -0.0844. The van der Waals surface area contributed by atoms with E-state index in [4.69, 9.17) is 5.11 Å². The van der Waals surface area contributed by atoms with E-state index in [0.29, 0.717) is 22.9 Å². The van der Waals surface area contributed by atoms with Crippen LogP contribution in [0, 0.1) is 5.92 Å². The highest BCUT2D eigenvalue weighted by molar-refractivity contribution is 6.06. The number of hydrogen-bond acceptors (Lipinski definition) is 3. The summed E-state index contributed by atoms with van der Waals surface area (Å²) < 4.78 is 0. The molecule has 1 atom stereocenters. The van der Waals surface area contributed by atoms with Crippen molar-refractivity contribution in [1.82, 2.24) is 10.3 Å². The van der Waals surface area contributed by atoms with Gasteiger partial charge in [0.1, 0.15) is 0 Å². The van der Waals surface area contributed by atoms with Crippen LogP contribution in [0.4, 0.5) is 0 Å². The Labute approximate surface area is 123 Å². The van der Waals surface area contributed by atoms with Crippen molar-refractivity contribution in [2.75, 3.05) is 6.61 Å². The van der Waals surface area contributed by atoms with Gasteiger partial charge in [-0.15, -0.1) is 0 Å². The van der Waals surface area contributed by atoms with E-state index in [-0.39, 0.29) is 30.0 Å². The average Bonchev–Trinajstić information content (AvgIpc) is 2.45. The minimum atomic E-state index is -0.304. The van der Waals surface area contributed by atoms with Crippen LogP contribution in [0.2, 0.25) is 0 Å². The molecule has 21 heavy (non-hydrogen) atoms. The molecule has 0 fully saturated rings. The number of amides is 1. The van der Waals surface area contributed by atoms with Crippen LogP contribution < -0.4 is 10.9 Å². The van der Waals surface area contributed by atoms with Gasteiger partial charge in [0.15, 0.2) is 0 Å². The summed E-state index contributed by atoms with van der Waals surface area (Å²) in [7, 11) is 0. The minimum absolute atomic E-state index is 0.0131. The number of benzene rings is 1. The van der Waals surface area contributed by atoms with Gasteiger partial charge in [0, 0.05) is 29.6 Å². The van der Waals surface area contributed by atoms with Crippen molar-refractivity contribution in [3.63, 3.8) is 0 Å². The summed E-state index contributed by atoms with van der Waals surface area (Å²) in [6.45, 7) is 3.98. The summed E-state index contributed by atoms with van der Waals surface area (Å²) in [5.41, 5.74) is 0.693. The maximum atomic E-state index is 12.5. The SMILES string of the molecule is CC(C)C(CCO)NC(=O)c1cc(=O)[nH]c2ccccc12. The number of pyridine rings is 1. The molecule has 1 heterocycles. The molecular weight excluding hydrogens is 268 g/mol. The first-order valence-corrected chi connectivity index (χ1v) is 7.06. The van der Waals surface area contributed by atoms with Crippen LogP contribution in [-0.2, 0) is 0 Å². The second-order valence-electron chi connectivity index (χ2n) is 5.43. The Morgan fingerprint density at radius 1 is 1.33 bits per heavy atom. The molecule has 1 aromatic carbocycles. The lowest BCUT2D eigenvalue weighted by molar-refractivity contribution is 0.0918. The van der Waals surface area contributed by atoms with Gasteiger partial charge in [-0.1, -0.05) is 32.0 Å². The monoisotopic (exact) mass is 288 g/mol. The van der Waals surface area contributed by atoms with Crippen LogP contribution in [0.25, 0.3) is 10.9 Å². The standard InChI is InChI=1S/C16H20N2O3/c1-10(2)13(7-8-19)18-16(21)12-9-15(20)17-14-6-4-3-5-11(12)14/h3-6,9-10,13,19H,7-8H2,1-2H3,(H,17,20)(H,18,21). The fourth-order valence-electron chi connectivity index (χ4n) is 2.35. The largest absolute Gasteiger partial charge is 0.396 e. The molecular formula is C16H20N2O3. The summed E-state index contributed by atoms with van der Waals surface area (Å²) in [5, 5.41) is 12.7. The normalized spacial score (nSPS) is 12.6. The third kappa shape index (κ3) is 3.49. The number of aliphatic hydroxyl groups excluding tert-OH is 1. The number of hydrogen-bond donors (Lipinski definition) is 3.